The van der Waals surface area contributed by atoms with Crippen molar-refractivity contribution in [2.75, 3.05) is 4.90 Å². The van der Waals surface area contributed by atoms with Crippen molar-refractivity contribution < 1.29 is 9.59 Å². The molecule has 2 fully saturated rings. The Bertz CT molecular complexity index is 1760. The van der Waals surface area contributed by atoms with Crippen LogP contribution in [0.15, 0.2) is 71.5 Å². The maximum Gasteiger partial charge on any atom is 0.266 e. The number of carbonyl (C=O) groups is 2. The smallest absolute Gasteiger partial charge is 0.266 e. The van der Waals surface area contributed by atoms with Gasteiger partial charge in [-0.3, -0.25) is 24.3 Å². The summed E-state index contributed by atoms with van der Waals surface area (Å²) in [5.74, 6) is -1.25. The number of amides is 2. The second kappa shape index (κ2) is 7.71. The fourth-order valence-corrected chi connectivity index (χ4v) is 7.02. The zero-order chi connectivity index (χ0) is 26.5. The van der Waals surface area contributed by atoms with E-state index in [1.165, 1.54) is 4.90 Å². The van der Waals surface area contributed by atoms with Gasteiger partial charge >= 0.3 is 0 Å². The number of para-hydroxylation sites is 2. The van der Waals surface area contributed by atoms with E-state index in [2.05, 4.69) is 19.2 Å². The first-order valence-corrected chi connectivity index (χ1v) is 13.1. The third kappa shape index (κ3) is 2.72. The van der Waals surface area contributed by atoms with Gasteiger partial charge in [0.25, 0.3) is 5.56 Å². The summed E-state index contributed by atoms with van der Waals surface area (Å²) >= 11 is 0. The van der Waals surface area contributed by atoms with Gasteiger partial charge in [0.15, 0.2) is 0 Å². The number of hydrogen-bond donors (Lipinski definition) is 1. The number of benzene rings is 3. The van der Waals surface area contributed by atoms with Crippen molar-refractivity contribution in [2.45, 2.75) is 39.3 Å². The molecule has 1 N–H and O–H groups in total. The highest BCUT2D eigenvalue weighted by molar-refractivity contribution is 6.23. The van der Waals surface area contributed by atoms with Crippen molar-refractivity contribution in [2.24, 2.45) is 17.8 Å². The summed E-state index contributed by atoms with van der Waals surface area (Å²) in [5, 5.41) is 4.26. The maximum absolute atomic E-state index is 14.5. The topological polar surface area (TPSA) is 84.3 Å². The summed E-state index contributed by atoms with van der Waals surface area (Å²) in [6, 6.07) is 20.4. The van der Waals surface area contributed by atoms with Gasteiger partial charge in [0, 0.05) is 11.6 Å². The molecular formula is C31H28N4O3. The number of rotatable bonds is 2. The average molecular weight is 505 g/mol. The predicted octanol–water partition coefficient (Wildman–Crippen LogP) is 3.99. The molecule has 7 rings (SSSR count). The standard InChI is InChI=1S/C31H28N4O3/c1-16(2)26-24-25(29(38)34(28(24)37)22-14-13-17(3)15-18(22)4)31(33-26)20-10-6-8-12-23(20)35-27(36)19-9-5-7-11-21(19)32-30(31)35/h5-16,24-26,33H,1-4H3/t24-,25-,26+,31-/m1/s1. The fraction of sp³-hybridized carbons (Fsp3) is 0.290. The van der Waals surface area contributed by atoms with Gasteiger partial charge in [-0.05, 0) is 49.6 Å². The van der Waals surface area contributed by atoms with E-state index >= 15 is 0 Å². The second-order valence-electron chi connectivity index (χ2n) is 11.1. The molecule has 4 atom stereocenters. The summed E-state index contributed by atoms with van der Waals surface area (Å²) in [4.78, 5) is 48.9. The SMILES string of the molecule is Cc1ccc(N2C(=O)[C@H]3[C@H](C(C)C)N[C@]4(c5ccccc5-n5c4nc4ccccc4c5=O)[C@H]3C2=O)c(C)c1. The van der Waals surface area contributed by atoms with Crippen molar-refractivity contribution in [1.29, 1.82) is 0 Å². The largest absolute Gasteiger partial charge is 0.296 e. The lowest BCUT2D eigenvalue weighted by molar-refractivity contribution is -0.123. The highest BCUT2D eigenvalue weighted by Gasteiger charge is 2.70. The van der Waals surface area contributed by atoms with Crippen LogP contribution in [0.25, 0.3) is 16.6 Å². The summed E-state index contributed by atoms with van der Waals surface area (Å²) in [6.45, 7) is 8.05. The molecule has 4 aromatic rings. The lowest BCUT2D eigenvalue weighted by Crippen LogP contribution is -2.51. The highest BCUT2D eigenvalue weighted by atomic mass is 16.2. The Morgan fingerprint density at radius 3 is 2.39 bits per heavy atom. The summed E-state index contributed by atoms with van der Waals surface area (Å²) < 4.78 is 1.64. The molecule has 0 saturated carbocycles. The first-order valence-electron chi connectivity index (χ1n) is 13.1. The van der Waals surface area contributed by atoms with E-state index in [-0.39, 0.29) is 29.3 Å². The van der Waals surface area contributed by atoms with Gasteiger partial charge in [-0.15, -0.1) is 0 Å². The number of aromatic nitrogens is 2. The van der Waals surface area contributed by atoms with Gasteiger partial charge in [0.05, 0.1) is 34.1 Å². The maximum atomic E-state index is 14.5. The molecule has 38 heavy (non-hydrogen) atoms. The van der Waals surface area contributed by atoms with Crippen molar-refractivity contribution in [3.8, 4) is 5.69 Å². The first-order chi connectivity index (χ1) is 18.3. The minimum Gasteiger partial charge on any atom is -0.296 e. The van der Waals surface area contributed by atoms with Crippen LogP contribution >= 0.6 is 0 Å². The van der Waals surface area contributed by atoms with Crippen LogP contribution in [-0.4, -0.2) is 27.4 Å². The van der Waals surface area contributed by atoms with Crippen LogP contribution in [0.1, 0.15) is 36.4 Å². The zero-order valence-corrected chi connectivity index (χ0v) is 21.7. The van der Waals surface area contributed by atoms with Crippen molar-refractivity contribution in [3.63, 3.8) is 0 Å². The Balaban J connectivity index is 1.53. The van der Waals surface area contributed by atoms with Gasteiger partial charge in [-0.1, -0.05) is 61.9 Å². The third-order valence-electron chi connectivity index (χ3n) is 8.61. The lowest BCUT2D eigenvalue weighted by atomic mass is 9.75. The fourth-order valence-electron chi connectivity index (χ4n) is 7.02. The predicted molar refractivity (Wildman–Crippen MR) is 145 cm³/mol. The molecule has 0 unspecified atom stereocenters. The van der Waals surface area contributed by atoms with Gasteiger partial charge in [0.2, 0.25) is 11.8 Å². The third-order valence-corrected chi connectivity index (χ3v) is 8.61. The molecule has 4 heterocycles. The molecule has 3 aliphatic heterocycles. The highest BCUT2D eigenvalue weighted by Crippen LogP contribution is 2.56. The first kappa shape index (κ1) is 23.0. The average Bonchev–Trinajstić information content (AvgIpc) is 3.49. The molecule has 3 aliphatic rings. The molecule has 7 heteroatoms. The number of nitrogens with zero attached hydrogens (tertiary/aromatic N) is 3. The quantitative estimate of drug-likeness (QED) is 0.418. The Morgan fingerprint density at radius 2 is 1.63 bits per heavy atom. The molecule has 3 aromatic carbocycles. The number of fused-ring (bicyclic) bond motifs is 8. The molecule has 7 nitrogen and oxygen atoms in total. The van der Waals surface area contributed by atoms with Crippen molar-refractivity contribution >= 4 is 28.4 Å². The minimum absolute atomic E-state index is 0.0612. The van der Waals surface area contributed by atoms with E-state index in [0.29, 0.717) is 28.1 Å². The van der Waals surface area contributed by atoms with Gasteiger partial charge < -0.3 is 0 Å². The van der Waals surface area contributed by atoms with Crippen LogP contribution in [0.4, 0.5) is 5.69 Å². The molecule has 1 spiro atoms. The van der Waals surface area contributed by atoms with E-state index < -0.39 is 17.4 Å². The van der Waals surface area contributed by atoms with E-state index in [1.54, 1.807) is 10.6 Å². The van der Waals surface area contributed by atoms with Crippen LogP contribution in [0.5, 0.6) is 0 Å². The Hall–Kier alpha value is -4.10. The molecule has 0 radical (unpaired) electrons. The van der Waals surface area contributed by atoms with Crippen LogP contribution in [0, 0.1) is 31.6 Å². The van der Waals surface area contributed by atoms with Gasteiger partial charge in [-0.2, -0.15) is 0 Å². The van der Waals surface area contributed by atoms with Crippen molar-refractivity contribution in [3.05, 3.63) is 99.6 Å². The van der Waals surface area contributed by atoms with Crippen molar-refractivity contribution in [1.82, 2.24) is 14.9 Å². The molecule has 0 bridgehead atoms. The Labute approximate surface area is 220 Å². The van der Waals surface area contributed by atoms with E-state index in [0.717, 1.165) is 16.7 Å². The number of carbonyl (C=O) groups excluding carboxylic acids is 2. The Morgan fingerprint density at radius 1 is 0.895 bits per heavy atom. The molecule has 2 saturated heterocycles. The van der Waals surface area contributed by atoms with E-state index in [4.69, 9.17) is 4.98 Å². The molecule has 2 amide bonds. The number of anilines is 1. The number of imide groups is 1. The van der Waals surface area contributed by atoms with Crippen LogP contribution in [-0.2, 0) is 15.1 Å². The minimum atomic E-state index is -1.11. The lowest BCUT2D eigenvalue weighted by Gasteiger charge is -2.32. The normalized spacial score (nSPS) is 25.5. The number of hydrogen-bond acceptors (Lipinski definition) is 5. The summed E-state index contributed by atoms with van der Waals surface area (Å²) in [7, 11) is 0. The number of nitrogens with one attached hydrogen (secondary N) is 1. The van der Waals surface area contributed by atoms with E-state index in [1.807, 2.05) is 74.5 Å². The van der Waals surface area contributed by atoms with Gasteiger partial charge in [0.1, 0.15) is 11.4 Å². The van der Waals surface area contributed by atoms with Crippen LogP contribution in [0.2, 0.25) is 0 Å². The number of aryl methyl sites for hydroxylation is 2. The second-order valence-corrected chi connectivity index (χ2v) is 11.1. The Kier molecular flexibility index (Phi) is 4.68. The van der Waals surface area contributed by atoms with Crippen LogP contribution < -0.4 is 15.8 Å². The molecule has 1 aromatic heterocycles. The zero-order valence-electron chi connectivity index (χ0n) is 21.7. The van der Waals surface area contributed by atoms with E-state index in [9.17, 15) is 14.4 Å². The van der Waals surface area contributed by atoms with Gasteiger partial charge in [-0.25, -0.2) is 9.88 Å². The summed E-state index contributed by atoms with van der Waals surface area (Å²) in [6.07, 6.45) is 0. The van der Waals surface area contributed by atoms with Crippen LogP contribution in [0.3, 0.4) is 0 Å². The monoisotopic (exact) mass is 504 g/mol. The molecule has 190 valence electrons. The molecular weight excluding hydrogens is 476 g/mol. The summed E-state index contributed by atoms with van der Waals surface area (Å²) in [5.41, 5.74) is 3.36. The molecule has 0 aliphatic carbocycles.